The zero-order valence-corrected chi connectivity index (χ0v) is 11.2. The highest BCUT2D eigenvalue weighted by Crippen LogP contribution is 2.38. The van der Waals surface area contributed by atoms with E-state index in [2.05, 4.69) is 0 Å². The Morgan fingerprint density at radius 3 is 2.11 bits per heavy atom. The van der Waals surface area contributed by atoms with E-state index in [1.54, 1.807) is 0 Å². The molecule has 2 rings (SSSR count). The molecule has 0 aliphatic rings. The van der Waals surface area contributed by atoms with E-state index >= 15 is 0 Å². The van der Waals surface area contributed by atoms with Crippen molar-refractivity contribution in [3.63, 3.8) is 0 Å². The zero-order chi connectivity index (χ0) is 13.3. The standard InChI is InChI=1S/C13H6Cl3FO/c14-8-4-10(15)13(11(16)5-8)9-2-1-7(6-18)3-12(9)17/h1-6H. The van der Waals surface area contributed by atoms with Crippen LogP contribution >= 0.6 is 34.8 Å². The van der Waals surface area contributed by atoms with E-state index in [9.17, 15) is 9.18 Å². The average Bonchev–Trinajstić information content (AvgIpc) is 2.29. The Labute approximate surface area is 118 Å². The molecule has 2 aromatic carbocycles. The highest BCUT2D eigenvalue weighted by molar-refractivity contribution is 6.41. The molecule has 0 radical (unpaired) electrons. The maximum absolute atomic E-state index is 13.9. The third-order valence-corrected chi connectivity index (χ3v) is 3.22. The molecule has 1 nitrogen and oxygen atoms in total. The molecule has 18 heavy (non-hydrogen) atoms. The van der Waals surface area contributed by atoms with Crippen LogP contribution in [0.1, 0.15) is 10.4 Å². The molecule has 0 heterocycles. The van der Waals surface area contributed by atoms with E-state index in [4.69, 9.17) is 34.8 Å². The smallest absolute Gasteiger partial charge is 0.150 e. The predicted octanol–water partition coefficient (Wildman–Crippen LogP) is 5.27. The molecule has 0 aliphatic carbocycles. The molecular formula is C13H6Cl3FO. The Kier molecular flexibility index (Phi) is 3.91. The number of hydrogen-bond acceptors (Lipinski definition) is 1. The van der Waals surface area contributed by atoms with Crippen molar-refractivity contribution >= 4 is 41.1 Å². The van der Waals surface area contributed by atoms with Crippen molar-refractivity contribution < 1.29 is 9.18 Å². The van der Waals surface area contributed by atoms with E-state index < -0.39 is 5.82 Å². The number of aldehydes is 1. The van der Waals surface area contributed by atoms with Crippen molar-refractivity contribution in [3.8, 4) is 11.1 Å². The van der Waals surface area contributed by atoms with Crippen LogP contribution < -0.4 is 0 Å². The fourth-order valence-electron chi connectivity index (χ4n) is 1.61. The van der Waals surface area contributed by atoms with Crippen LogP contribution in [0.15, 0.2) is 30.3 Å². The SMILES string of the molecule is O=Cc1ccc(-c2c(Cl)cc(Cl)cc2Cl)c(F)c1. The second kappa shape index (κ2) is 5.27. The monoisotopic (exact) mass is 302 g/mol. The lowest BCUT2D eigenvalue weighted by Crippen LogP contribution is -1.90. The van der Waals surface area contributed by atoms with Crippen LogP contribution in [0.3, 0.4) is 0 Å². The van der Waals surface area contributed by atoms with Crippen molar-refractivity contribution in [1.82, 2.24) is 0 Å². The van der Waals surface area contributed by atoms with Gasteiger partial charge in [0.15, 0.2) is 0 Å². The van der Waals surface area contributed by atoms with Crippen LogP contribution in [0.2, 0.25) is 15.1 Å². The van der Waals surface area contributed by atoms with Gasteiger partial charge in [0.05, 0.1) is 10.0 Å². The Morgan fingerprint density at radius 1 is 1.00 bits per heavy atom. The molecule has 92 valence electrons. The van der Waals surface area contributed by atoms with E-state index in [0.29, 0.717) is 16.9 Å². The highest BCUT2D eigenvalue weighted by atomic mass is 35.5. The Morgan fingerprint density at radius 2 is 1.61 bits per heavy atom. The van der Waals surface area contributed by atoms with Crippen molar-refractivity contribution in [2.75, 3.05) is 0 Å². The molecule has 0 fully saturated rings. The largest absolute Gasteiger partial charge is 0.298 e. The summed E-state index contributed by atoms with van der Waals surface area (Å²) in [5.74, 6) is -0.564. The van der Waals surface area contributed by atoms with Crippen LogP contribution in [0.25, 0.3) is 11.1 Å². The third-order valence-electron chi connectivity index (χ3n) is 2.41. The first-order valence-corrected chi connectivity index (χ1v) is 6.06. The van der Waals surface area contributed by atoms with Gasteiger partial charge in [-0.3, -0.25) is 4.79 Å². The molecule has 0 saturated carbocycles. The van der Waals surface area contributed by atoms with Crippen LogP contribution in [0.5, 0.6) is 0 Å². The lowest BCUT2D eigenvalue weighted by Gasteiger charge is -2.09. The summed E-state index contributed by atoms with van der Waals surface area (Å²) in [6.07, 6.45) is 0.567. The zero-order valence-electron chi connectivity index (χ0n) is 8.88. The molecule has 0 aliphatic heterocycles. The Balaban J connectivity index is 2.66. The van der Waals surface area contributed by atoms with Gasteiger partial charge in [-0.15, -0.1) is 0 Å². The van der Waals surface area contributed by atoms with Crippen LogP contribution in [-0.2, 0) is 0 Å². The van der Waals surface area contributed by atoms with E-state index in [0.717, 1.165) is 6.07 Å². The minimum atomic E-state index is -0.564. The van der Waals surface area contributed by atoms with Gasteiger partial charge in [-0.2, -0.15) is 0 Å². The number of hydrogen-bond donors (Lipinski definition) is 0. The molecule has 0 saturated heterocycles. The van der Waals surface area contributed by atoms with Gasteiger partial charge in [0, 0.05) is 21.7 Å². The topological polar surface area (TPSA) is 17.1 Å². The Hall–Kier alpha value is -1.09. The lowest BCUT2D eigenvalue weighted by molar-refractivity contribution is 0.112. The quantitative estimate of drug-likeness (QED) is 0.691. The molecular weight excluding hydrogens is 297 g/mol. The number of carbonyl (C=O) groups is 1. The molecule has 0 spiro atoms. The molecule has 0 aromatic heterocycles. The molecule has 5 heteroatoms. The van der Waals surface area contributed by atoms with E-state index in [-0.39, 0.29) is 21.2 Å². The van der Waals surface area contributed by atoms with Gasteiger partial charge in [-0.25, -0.2) is 4.39 Å². The van der Waals surface area contributed by atoms with Gasteiger partial charge in [0.2, 0.25) is 0 Å². The molecule has 0 amide bonds. The molecule has 0 unspecified atom stereocenters. The van der Waals surface area contributed by atoms with Crippen LogP contribution in [0, 0.1) is 5.82 Å². The lowest BCUT2D eigenvalue weighted by atomic mass is 10.0. The summed E-state index contributed by atoms with van der Waals surface area (Å²) >= 11 is 17.8. The molecule has 0 atom stereocenters. The summed E-state index contributed by atoms with van der Waals surface area (Å²) in [5.41, 5.74) is 0.836. The minimum Gasteiger partial charge on any atom is -0.298 e. The molecule has 0 bridgehead atoms. The highest BCUT2D eigenvalue weighted by Gasteiger charge is 2.14. The van der Waals surface area contributed by atoms with Gasteiger partial charge in [-0.1, -0.05) is 46.9 Å². The van der Waals surface area contributed by atoms with Gasteiger partial charge >= 0.3 is 0 Å². The number of carbonyl (C=O) groups excluding carboxylic acids is 1. The fourth-order valence-corrected chi connectivity index (χ4v) is 2.63. The van der Waals surface area contributed by atoms with Crippen molar-refractivity contribution in [2.45, 2.75) is 0 Å². The first kappa shape index (κ1) is 13.3. The van der Waals surface area contributed by atoms with Crippen molar-refractivity contribution in [2.24, 2.45) is 0 Å². The fraction of sp³-hybridized carbons (Fsp3) is 0. The maximum atomic E-state index is 13.9. The second-order valence-electron chi connectivity index (χ2n) is 3.60. The minimum absolute atomic E-state index is 0.229. The van der Waals surface area contributed by atoms with Gasteiger partial charge in [0.1, 0.15) is 12.1 Å². The first-order chi connectivity index (χ1) is 8.52. The van der Waals surface area contributed by atoms with E-state index in [1.165, 1.54) is 24.3 Å². The summed E-state index contributed by atoms with van der Waals surface area (Å²) in [5, 5.41) is 0.883. The third kappa shape index (κ3) is 2.51. The van der Waals surface area contributed by atoms with Gasteiger partial charge in [0.25, 0.3) is 0 Å². The average molecular weight is 304 g/mol. The van der Waals surface area contributed by atoms with E-state index in [1.807, 2.05) is 0 Å². The summed E-state index contributed by atoms with van der Waals surface area (Å²) in [4.78, 5) is 10.5. The number of rotatable bonds is 2. The summed E-state index contributed by atoms with van der Waals surface area (Å²) < 4.78 is 13.9. The van der Waals surface area contributed by atoms with Gasteiger partial charge in [-0.05, 0) is 18.2 Å². The summed E-state index contributed by atoms with van der Waals surface area (Å²) in [6.45, 7) is 0. The van der Waals surface area contributed by atoms with Crippen LogP contribution in [0.4, 0.5) is 4.39 Å². The Bertz CT molecular complexity index is 603. The number of halogens is 4. The predicted molar refractivity (Wildman–Crippen MR) is 72.3 cm³/mol. The normalized spacial score (nSPS) is 10.4. The molecule has 0 N–H and O–H groups in total. The summed E-state index contributed by atoms with van der Waals surface area (Å²) in [6, 6.07) is 7.05. The molecule has 2 aromatic rings. The van der Waals surface area contributed by atoms with Gasteiger partial charge < -0.3 is 0 Å². The number of benzene rings is 2. The maximum Gasteiger partial charge on any atom is 0.150 e. The van der Waals surface area contributed by atoms with Crippen molar-refractivity contribution in [3.05, 3.63) is 56.8 Å². The second-order valence-corrected chi connectivity index (χ2v) is 4.85. The summed E-state index contributed by atoms with van der Waals surface area (Å²) in [7, 11) is 0. The van der Waals surface area contributed by atoms with Crippen molar-refractivity contribution in [1.29, 1.82) is 0 Å². The van der Waals surface area contributed by atoms with Crippen LogP contribution in [-0.4, -0.2) is 6.29 Å². The first-order valence-electron chi connectivity index (χ1n) is 4.92.